The Morgan fingerprint density at radius 3 is 2.27 bits per heavy atom. The van der Waals surface area contributed by atoms with Crippen LogP contribution in [0.4, 0.5) is 0 Å². The van der Waals surface area contributed by atoms with Crippen LogP contribution < -0.4 is 0 Å². The van der Waals surface area contributed by atoms with Crippen molar-refractivity contribution in [1.82, 2.24) is 4.57 Å². The van der Waals surface area contributed by atoms with Crippen molar-refractivity contribution in [3.8, 4) is 11.1 Å². The third kappa shape index (κ3) is 2.87. The molecule has 0 saturated heterocycles. The van der Waals surface area contributed by atoms with Gasteiger partial charge in [-0.2, -0.15) is 11.8 Å². The molecule has 0 bridgehead atoms. The second-order valence-corrected chi connectivity index (χ2v) is 5.79. The van der Waals surface area contributed by atoms with E-state index in [-0.39, 0.29) is 16.8 Å². The number of carboxylic acids is 2. The molecule has 0 atom stereocenters. The van der Waals surface area contributed by atoms with Gasteiger partial charge < -0.3 is 14.8 Å². The molecule has 116 valence electrons. The zero-order chi connectivity index (χ0) is 16.3. The largest absolute Gasteiger partial charge is 0.478 e. The smallest absolute Gasteiger partial charge is 0.353 e. The molecule has 1 heterocycles. The molecule has 0 unspecified atom stereocenters. The number of carbonyl (C=O) groups is 2. The number of rotatable bonds is 6. The van der Waals surface area contributed by atoms with Crippen LogP contribution in [0.25, 0.3) is 11.1 Å². The maximum atomic E-state index is 11.7. The fourth-order valence-corrected chi connectivity index (χ4v) is 2.93. The highest BCUT2D eigenvalue weighted by Gasteiger charge is 2.29. The second kappa shape index (κ2) is 6.70. The minimum atomic E-state index is -1.12. The Bertz CT molecular complexity index is 707. The predicted molar refractivity (Wildman–Crippen MR) is 86.9 cm³/mol. The molecule has 1 aromatic carbocycles. The highest BCUT2D eigenvalue weighted by molar-refractivity contribution is 7.98. The maximum Gasteiger partial charge on any atom is 0.353 e. The fraction of sp³-hybridized carbons (Fsp3) is 0.250. The fourth-order valence-electron chi connectivity index (χ4n) is 2.57. The Morgan fingerprint density at radius 2 is 1.77 bits per heavy atom. The van der Waals surface area contributed by atoms with Crippen molar-refractivity contribution in [2.75, 3.05) is 12.0 Å². The van der Waals surface area contributed by atoms with Crippen molar-refractivity contribution in [3.63, 3.8) is 0 Å². The van der Waals surface area contributed by atoms with Gasteiger partial charge in [-0.05, 0) is 18.7 Å². The normalized spacial score (nSPS) is 10.6. The van der Waals surface area contributed by atoms with Gasteiger partial charge in [0.15, 0.2) is 0 Å². The average molecular weight is 319 g/mol. The van der Waals surface area contributed by atoms with Crippen LogP contribution in [0.3, 0.4) is 0 Å². The van der Waals surface area contributed by atoms with Gasteiger partial charge in [0.1, 0.15) is 5.69 Å². The molecule has 0 radical (unpaired) electrons. The molecule has 0 amide bonds. The summed E-state index contributed by atoms with van der Waals surface area (Å²) in [6.45, 7) is 2.12. The minimum absolute atomic E-state index is 0.0372. The van der Waals surface area contributed by atoms with Crippen LogP contribution in [0.2, 0.25) is 0 Å². The predicted octanol–water partition coefficient (Wildman–Crippen LogP) is 3.22. The number of hydrogen-bond acceptors (Lipinski definition) is 3. The van der Waals surface area contributed by atoms with Crippen LogP contribution in [-0.4, -0.2) is 38.7 Å². The Balaban J connectivity index is 2.79. The van der Waals surface area contributed by atoms with Gasteiger partial charge in [0.2, 0.25) is 0 Å². The van der Waals surface area contributed by atoms with Crippen LogP contribution in [0.1, 0.15) is 26.5 Å². The summed E-state index contributed by atoms with van der Waals surface area (Å²) in [4.78, 5) is 23.4. The van der Waals surface area contributed by atoms with Crippen LogP contribution in [0, 0.1) is 6.92 Å². The lowest BCUT2D eigenvalue weighted by Gasteiger charge is -2.09. The maximum absolute atomic E-state index is 11.7. The van der Waals surface area contributed by atoms with Gasteiger partial charge in [0.05, 0.1) is 5.56 Å². The molecular weight excluding hydrogens is 302 g/mol. The molecule has 0 spiro atoms. The van der Waals surface area contributed by atoms with Gasteiger partial charge in [0, 0.05) is 23.6 Å². The van der Waals surface area contributed by atoms with E-state index in [1.54, 1.807) is 47.5 Å². The molecule has 22 heavy (non-hydrogen) atoms. The number of hydrogen-bond donors (Lipinski definition) is 2. The van der Waals surface area contributed by atoms with E-state index >= 15 is 0 Å². The number of benzene rings is 1. The van der Waals surface area contributed by atoms with E-state index < -0.39 is 11.9 Å². The lowest BCUT2D eigenvalue weighted by molar-refractivity contribution is 0.0682. The van der Waals surface area contributed by atoms with E-state index in [4.69, 9.17) is 0 Å². The first-order valence-corrected chi connectivity index (χ1v) is 8.12. The number of aromatic carboxylic acids is 2. The summed E-state index contributed by atoms with van der Waals surface area (Å²) in [5.41, 5.74) is 1.44. The lowest BCUT2D eigenvalue weighted by atomic mass is 10.0. The third-order valence-corrected chi connectivity index (χ3v) is 4.11. The molecule has 2 N–H and O–H groups in total. The van der Waals surface area contributed by atoms with Gasteiger partial charge in [0.25, 0.3) is 0 Å². The molecule has 2 aromatic rings. The summed E-state index contributed by atoms with van der Waals surface area (Å²) in [5.74, 6) is -1.51. The Hall–Kier alpha value is -2.21. The monoisotopic (exact) mass is 319 g/mol. The number of carboxylic acid groups (broad SMARTS) is 2. The van der Waals surface area contributed by atoms with Gasteiger partial charge in [-0.25, -0.2) is 9.59 Å². The van der Waals surface area contributed by atoms with E-state index in [9.17, 15) is 19.8 Å². The molecule has 2 rings (SSSR count). The minimum Gasteiger partial charge on any atom is -0.478 e. The van der Waals surface area contributed by atoms with E-state index in [1.165, 1.54) is 0 Å². The van der Waals surface area contributed by atoms with Gasteiger partial charge >= 0.3 is 11.9 Å². The summed E-state index contributed by atoms with van der Waals surface area (Å²) in [6, 6.07) is 8.80. The van der Waals surface area contributed by atoms with Crippen LogP contribution in [-0.2, 0) is 6.54 Å². The van der Waals surface area contributed by atoms with Crippen molar-refractivity contribution in [2.45, 2.75) is 13.5 Å². The van der Waals surface area contributed by atoms with Crippen molar-refractivity contribution < 1.29 is 19.8 Å². The quantitative estimate of drug-likeness (QED) is 0.854. The summed E-state index contributed by atoms with van der Waals surface area (Å²) in [5, 5.41) is 19.1. The number of nitrogens with zero attached hydrogens (tertiary/aromatic N) is 1. The van der Waals surface area contributed by atoms with Gasteiger partial charge in [-0.1, -0.05) is 30.3 Å². The molecule has 0 aliphatic rings. The molecular formula is C16H17NO4S. The van der Waals surface area contributed by atoms with E-state index in [2.05, 4.69) is 0 Å². The first-order chi connectivity index (χ1) is 10.5. The van der Waals surface area contributed by atoms with Crippen LogP contribution >= 0.6 is 11.8 Å². The molecule has 0 aliphatic heterocycles. The average Bonchev–Trinajstić information content (AvgIpc) is 2.79. The van der Waals surface area contributed by atoms with Crippen molar-refractivity contribution in [3.05, 3.63) is 47.3 Å². The summed E-state index contributed by atoms with van der Waals surface area (Å²) >= 11 is 1.58. The van der Waals surface area contributed by atoms with Crippen LogP contribution in [0.5, 0.6) is 0 Å². The van der Waals surface area contributed by atoms with Crippen molar-refractivity contribution in [1.29, 1.82) is 0 Å². The third-order valence-electron chi connectivity index (χ3n) is 3.52. The standard InChI is InChI=1S/C16H17NO4S/c1-10-12(15(18)19)13(11-6-4-3-5-7-11)14(16(20)21)17(10)8-9-22-2/h3-7H,8-9H2,1-2H3,(H,18,19)(H,20,21). The highest BCUT2D eigenvalue weighted by atomic mass is 32.2. The number of thioether (sulfide) groups is 1. The van der Waals surface area contributed by atoms with Gasteiger partial charge in [-0.3, -0.25) is 0 Å². The molecule has 0 saturated carbocycles. The first-order valence-electron chi connectivity index (χ1n) is 6.73. The van der Waals surface area contributed by atoms with Crippen LogP contribution in [0.15, 0.2) is 30.3 Å². The zero-order valence-corrected chi connectivity index (χ0v) is 13.2. The molecule has 6 heteroatoms. The first kappa shape index (κ1) is 16.2. The zero-order valence-electron chi connectivity index (χ0n) is 12.4. The molecule has 0 aliphatic carbocycles. The van der Waals surface area contributed by atoms with E-state index in [0.717, 1.165) is 0 Å². The molecule has 5 nitrogen and oxygen atoms in total. The molecule has 0 fully saturated rings. The van der Waals surface area contributed by atoms with Gasteiger partial charge in [-0.15, -0.1) is 0 Å². The summed E-state index contributed by atoms with van der Waals surface area (Å²) < 4.78 is 1.59. The SMILES string of the molecule is CSCCn1c(C)c(C(=O)O)c(-c2ccccc2)c1C(=O)O. The highest BCUT2D eigenvalue weighted by Crippen LogP contribution is 2.33. The lowest BCUT2D eigenvalue weighted by Crippen LogP contribution is -2.12. The Kier molecular flexibility index (Phi) is 4.92. The van der Waals surface area contributed by atoms with Crippen molar-refractivity contribution >= 4 is 23.7 Å². The molecule has 1 aromatic heterocycles. The van der Waals surface area contributed by atoms with Crippen molar-refractivity contribution in [2.24, 2.45) is 0 Å². The summed E-state index contributed by atoms with van der Waals surface area (Å²) in [6.07, 6.45) is 1.93. The second-order valence-electron chi connectivity index (χ2n) is 4.80. The Labute approximate surface area is 132 Å². The topological polar surface area (TPSA) is 79.5 Å². The Morgan fingerprint density at radius 1 is 1.14 bits per heavy atom. The summed E-state index contributed by atoms with van der Waals surface area (Å²) in [7, 11) is 0. The number of aromatic nitrogens is 1. The van der Waals surface area contributed by atoms with E-state index in [1.807, 2.05) is 12.3 Å². The van der Waals surface area contributed by atoms with E-state index in [0.29, 0.717) is 23.6 Å².